The van der Waals surface area contributed by atoms with E-state index in [1.54, 1.807) is 12.2 Å². The van der Waals surface area contributed by atoms with Crippen molar-refractivity contribution in [1.29, 1.82) is 0 Å². The van der Waals surface area contributed by atoms with Gasteiger partial charge in [0, 0.05) is 54.3 Å². The molecular formula is C48H78N4O4. The van der Waals surface area contributed by atoms with Crippen LogP contribution in [0.15, 0.2) is 72.1 Å². The minimum atomic E-state index is 0.0110. The summed E-state index contributed by atoms with van der Waals surface area (Å²) in [5, 5.41) is 10.5. The van der Waals surface area contributed by atoms with Gasteiger partial charge >= 0.3 is 0 Å². The largest absolute Gasteiger partial charge is 0.494 e. The molecule has 0 aliphatic rings. The van der Waals surface area contributed by atoms with Crippen molar-refractivity contribution in [3.05, 3.63) is 83.2 Å². The molecule has 3 N–H and O–H groups in total. The predicted octanol–water partition coefficient (Wildman–Crippen LogP) is 10.7. The molecule has 0 spiro atoms. The predicted molar refractivity (Wildman–Crippen MR) is 236 cm³/mol. The minimum Gasteiger partial charge on any atom is -0.494 e. The van der Waals surface area contributed by atoms with Crippen LogP contribution in [0.2, 0.25) is 0 Å². The molecule has 0 atom stereocenters. The van der Waals surface area contributed by atoms with Crippen LogP contribution in [0.4, 0.5) is 0 Å². The Morgan fingerprint density at radius 2 is 0.911 bits per heavy atom. The minimum absolute atomic E-state index is 0.0110. The summed E-state index contributed by atoms with van der Waals surface area (Å²) in [6.07, 6.45) is 20.6. The van der Waals surface area contributed by atoms with E-state index in [0.29, 0.717) is 24.3 Å². The van der Waals surface area contributed by atoms with Crippen LogP contribution >= 0.6 is 0 Å². The molecule has 0 radical (unpaired) electrons. The molecule has 8 heteroatoms. The van der Waals surface area contributed by atoms with Gasteiger partial charge in [-0.15, -0.1) is 0 Å². The van der Waals surface area contributed by atoms with Crippen molar-refractivity contribution in [2.24, 2.45) is 0 Å². The van der Waals surface area contributed by atoms with Crippen molar-refractivity contribution >= 4 is 11.6 Å². The third-order valence-electron chi connectivity index (χ3n) is 9.81. The van der Waals surface area contributed by atoms with Gasteiger partial charge in [0.1, 0.15) is 11.5 Å². The van der Waals surface area contributed by atoms with Crippen LogP contribution in [0.3, 0.4) is 0 Å². The van der Waals surface area contributed by atoms with E-state index in [9.17, 15) is 9.59 Å². The van der Waals surface area contributed by atoms with E-state index < -0.39 is 0 Å². The fourth-order valence-electron chi connectivity index (χ4n) is 6.21. The number of unbranched alkanes of at least 4 members (excludes halogenated alkanes) is 6. The number of carbonyl (C=O) groups is 2. The maximum Gasteiger partial charge on any atom is 0.187 e. The lowest BCUT2D eigenvalue weighted by molar-refractivity contribution is 0.103. The molecule has 0 fully saturated rings. The standard InChI is InChI=1S/C48H78N4O4/c1-6-11-20-43(39-47(53)41-22-26-45(27-23-41)55-37-18-31-49-30-13-8-3)50-32-16-17-33-51-44(21-12-7-2)40-48(54)42-24-28-46(29-25-42)56-38-19-36-52(34-14-9-4)35-15-10-5/h22-29,39-40,49-51H,6-21,30-38H2,1-5H3/b43-39+,44-40+. The number of hydrogen-bond acceptors (Lipinski definition) is 8. The van der Waals surface area contributed by atoms with Gasteiger partial charge in [-0.3, -0.25) is 9.59 Å². The lowest BCUT2D eigenvalue weighted by Crippen LogP contribution is -2.28. The van der Waals surface area contributed by atoms with Crippen molar-refractivity contribution in [3.63, 3.8) is 0 Å². The number of nitrogens with one attached hydrogen (secondary N) is 3. The summed E-state index contributed by atoms with van der Waals surface area (Å²) in [5.41, 5.74) is 3.32. The molecule has 0 unspecified atom stereocenters. The SMILES string of the molecule is CCCCNCCCOc1ccc(C(=O)/C=C(\CCCC)NCCCCN/C(=C/C(=O)c2ccc(OCCCN(CCCC)CCCC)cc2)CCCC)cc1. The molecule has 2 rings (SSSR count). The molecule has 0 heterocycles. The fourth-order valence-corrected chi connectivity index (χ4v) is 6.21. The van der Waals surface area contributed by atoms with Gasteiger partial charge in [0.2, 0.25) is 0 Å². The summed E-state index contributed by atoms with van der Waals surface area (Å²) >= 11 is 0. The number of carbonyl (C=O) groups excluding carboxylic acids is 2. The van der Waals surface area contributed by atoms with Crippen LogP contribution in [0.5, 0.6) is 11.5 Å². The summed E-state index contributed by atoms with van der Waals surface area (Å²) < 4.78 is 11.9. The third kappa shape index (κ3) is 22.8. The van der Waals surface area contributed by atoms with Gasteiger partial charge in [-0.2, -0.15) is 0 Å². The number of hydrogen-bond donors (Lipinski definition) is 3. The second-order valence-electron chi connectivity index (χ2n) is 14.9. The van der Waals surface area contributed by atoms with E-state index >= 15 is 0 Å². The van der Waals surface area contributed by atoms with E-state index in [0.717, 1.165) is 120 Å². The molecule has 314 valence electrons. The van der Waals surface area contributed by atoms with Crippen molar-refractivity contribution < 1.29 is 19.1 Å². The number of benzene rings is 2. The summed E-state index contributed by atoms with van der Waals surface area (Å²) in [4.78, 5) is 28.9. The molecule has 0 saturated heterocycles. The summed E-state index contributed by atoms with van der Waals surface area (Å²) in [5.74, 6) is 1.63. The maximum absolute atomic E-state index is 13.2. The van der Waals surface area contributed by atoms with Crippen LogP contribution in [0.25, 0.3) is 0 Å². The quantitative estimate of drug-likeness (QED) is 0.0358. The molecule has 0 aliphatic heterocycles. The molecule has 0 bridgehead atoms. The zero-order chi connectivity index (χ0) is 40.5. The lowest BCUT2D eigenvalue weighted by Gasteiger charge is -2.21. The summed E-state index contributed by atoms with van der Waals surface area (Å²) in [6.45, 7) is 19.4. The Kier molecular flexibility index (Phi) is 28.1. The highest BCUT2D eigenvalue weighted by atomic mass is 16.5. The molecule has 0 aromatic heterocycles. The number of allylic oxidation sites excluding steroid dienone is 4. The second-order valence-corrected chi connectivity index (χ2v) is 14.9. The second kappa shape index (κ2) is 32.5. The highest BCUT2D eigenvalue weighted by Gasteiger charge is 2.09. The number of rotatable bonds is 36. The molecule has 0 aliphatic carbocycles. The van der Waals surface area contributed by atoms with E-state index in [1.165, 1.54) is 51.6 Å². The Morgan fingerprint density at radius 1 is 0.500 bits per heavy atom. The van der Waals surface area contributed by atoms with Crippen LogP contribution in [0.1, 0.15) is 158 Å². The average molecular weight is 775 g/mol. The smallest absolute Gasteiger partial charge is 0.187 e. The van der Waals surface area contributed by atoms with Gasteiger partial charge in [-0.25, -0.2) is 0 Å². The third-order valence-corrected chi connectivity index (χ3v) is 9.81. The Hall–Kier alpha value is -3.62. The first-order valence-electron chi connectivity index (χ1n) is 22.3. The monoisotopic (exact) mass is 775 g/mol. The average Bonchev–Trinajstić information content (AvgIpc) is 3.22. The van der Waals surface area contributed by atoms with Crippen LogP contribution in [-0.4, -0.2) is 75.5 Å². The van der Waals surface area contributed by atoms with Gasteiger partial charge in [-0.05, 0) is 145 Å². The molecule has 0 saturated carbocycles. The molecule has 56 heavy (non-hydrogen) atoms. The van der Waals surface area contributed by atoms with E-state index in [4.69, 9.17) is 9.47 Å². The molecule has 2 aromatic carbocycles. The van der Waals surface area contributed by atoms with Gasteiger partial charge in [0.05, 0.1) is 13.2 Å². The van der Waals surface area contributed by atoms with E-state index in [2.05, 4.69) is 55.5 Å². The first-order valence-corrected chi connectivity index (χ1v) is 22.3. The normalized spacial score (nSPS) is 11.9. The number of nitrogens with zero attached hydrogens (tertiary/aromatic N) is 1. The Morgan fingerprint density at radius 3 is 1.36 bits per heavy atom. The number of ketones is 2. The van der Waals surface area contributed by atoms with Crippen molar-refractivity contribution in [2.75, 3.05) is 59.0 Å². The van der Waals surface area contributed by atoms with Crippen molar-refractivity contribution in [2.45, 2.75) is 137 Å². The number of ether oxygens (including phenoxy) is 2. The molecular weight excluding hydrogens is 697 g/mol. The summed E-state index contributed by atoms with van der Waals surface area (Å²) in [6, 6.07) is 15.1. The van der Waals surface area contributed by atoms with E-state index in [1.807, 2.05) is 48.5 Å². The fraction of sp³-hybridized carbons (Fsp3) is 0.625. The Bertz CT molecular complexity index is 1350. The van der Waals surface area contributed by atoms with Crippen LogP contribution in [0, 0.1) is 0 Å². The topological polar surface area (TPSA) is 91.9 Å². The lowest BCUT2D eigenvalue weighted by atomic mass is 10.1. The van der Waals surface area contributed by atoms with Crippen molar-refractivity contribution in [1.82, 2.24) is 20.9 Å². The van der Waals surface area contributed by atoms with Crippen LogP contribution in [-0.2, 0) is 0 Å². The Balaban J connectivity index is 1.80. The van der Waals surface area contributed by atoms with Gasteiger partial charge < -0.3 is 30.3 Å². The molecule has 0 amide bonds. The summed E-state index contributed by atoms with van der Waals surface area (Å²) in [7, 11) is 0. The first-order chi connectivity index (χ1) is 27.4. The zero-order valence-corrected chi connectivity index (χ0v) is 36.0. The van der Waals surface area contributed by atoms with Crippen molar-refractivity contribution in [3.8, 4) is 11.5 Å². The first kappa shape index (κ1) is 48.5. The van der Waals surface area contributed by atoms with Gasteiger partial charge in [-0.1, -0.05) is 66.7 Å². The van der Waals surface area contributed by atoms with Gasteiger partial charge in [0.15, 0.2) is 11.6 Å². The van der Waals surface area contributed by atoms with E-state index in [-0.39, 0.29) is 11.6 Å². The van der Waals surface area contributed by atoms with Gasteiger partial charge in [0.25, 0.3) is 0 Å². The zero-order valence-electron chi connectivity index (χ0n) is 36.0. The highest BCUT2D eigenvalue weighted by Crippen LogP contribution is 2.17. The highest BCUT2D eigenvalue weighted by molar-refractivity contribution is 6.05. The maximum atomic E-state index is 13.2. The van der Waals surface area contributed by atoms with Crippen LogP contribution < -0.4 is 25.4 Å². The molecule has 2 aromatic rings. The Labute approximate surface area is 341 Å². The molecule has 8 nitrogen and oxygen atoms in total.